The SMILES string of the molecule is O=C(c1ccccc1)C(O)c1ccccc1.c1ccc(COCc2ccccc2)cc1. The number of ether oxygens (including phenoxy) is 1. The average molecular weight is 411 g/mol. The minimum atomic E-state index is -1.08. The Morgan fingerprint density at radius 1 is 0.613 bits per heavy atom. The van der Waals surface area contributed by atoms with Gasteiger partial charge in [-0.15, -0.1) is 0 Å². The first-order valence-corrected chi connectivity index (χ1v) is 10.2. The molecule has 0 aliphatic rings. The number of hydrogen-bond acceptors (Lipinski definition) is 3. The maximum absolute atomic E-state index is 11.9. The molecule has 4 aromatic carbocycles. The van der Waals surface area contributed by atoms with E-state index >= 15 is 0 Å². The third-order valence-corrected chi connectivity index (χ3v) is 4.65. The van der Waals surface area contributed by atoms with Crippen LogP contribution in [-0.4, -0.2) is 10.9 Å². The molecule has 0 saturated heterocycles. The Morgan fingerprint density at radius 3 is 1.45 bits per heavy atom. The van der Waals surface area contributed by atoms with E-state index < -0.39 is 6.10 Å². The fourth-order valence-corrected chi connectivity index (χ4v) is 2.98. The van der Waals surface area contributed by atoms with Crippen LogP contribution >= 0.6 is 0 Å². The number of ketones is 1. The quantitative estimate of drug-likeness (QED) is 0.380. The summed E-state index contributed by atoms with van der Waals surface area (Å²) in [5.74, 6) is -0.271. The summed E-state index contributed by atoms with van der Waals surface area (Å²) in [5.41, 5.74) is 3.58. The highest BCUT2D eigenvalue weighted by Gasteiger charge is 2.18. The highest BCUT2D eigenvalue weighted by Crippen LogP contribution is 2.17. The normalized spacial score (nSPS) is 11.1. The van der Waals surface area contributed by atoms with Crippen molar-refractivity contribution < 1.29 is 14.6 Å². The molecule has 0 aliphatic carbocycles. The molecule has 4 aromatic rings. The van der Waals surface area contributed by atoms with Gasteiger partial charge in [-0.2, -0.15) is 0 Å². The maximum atomic E-state index is 11.9. The van der Waals surface area contributed by atoms with Crippen LogP contribution in [0.15, 0.2) is 121 Å². The Labute approximate surface area is 183 Å². The molecule has 0 radical (unpaired) electrons. The Balaban J connectivity index is 0.000000176. The van der Waals surface area contributed by atoms with Crippen LogP contribution in [0.2, 0.25) is 0 Å². The van der Waals surface area contributed by atoms with Crippen molar-refractivity contribution in [3.05, 3.63) is 144 Å². The molecular weight excluding hydrogens is 384 g/mol. The number of rotatable bonds is 7. The summed E-state index contributed by atoms with van der Waals surface area (Å²) < 4.78 is 5.61. The van der Waals surface area contributed by atoms with Crippen molar-refractivity contribution in [2.45, 2.75) is 19.3 Å². The minimum absolute atomic E-state index is 0.271. The smallest absolute Gasteiger partial charge is 0.195 e. The van der Waals surface area contributed by atoms with Crippen molar-refractivity contribution in [3.63, 3.8) is 0 Å². The highest BCUT2D eigenvalue weighted by molar-refractivity contribution is 5.99. The van der Waals surface area contributed by atoms with Crippen LogP contribution in [0, 0.1) is 0 Å². The summed E-state index contributed by atoms with van der Waals surface area (Å²) in [4.78, 5) is 11.9. The average Bonchev–Trinajstić information content (AvgIpc) is 2.86. The number of aliphatic hydroxyl groups is 1. The fourth-order valence-electron chi connectivity index (χ4n) is 2.98. The molecule has 3 heteroatoms. The van der Waals surface area contributed by atoms with Crippen molar-refractivity contribution >= 4 is 5.78 Å². The van der Waals surface area contributed by atoms with Gasteiger partial charge < -0.3 is 9.84 Å². The van der Waals surface area contributed by atoms with E-state index in [4.69, 9.17) is 4.74 Å². The van der Waals surface area contributed by atoms with Crippen LogP contribution in [0.3, 0.4) is 0 Å². The molecule has 0 saturated carbocycles. The summed E-state index contributed by atoms with van der Waals surface area (Å²) in [5, 5.41) is 9.89. The third-order valence-electron chi connectivity index (χ3n) is 4.65. The van der Waals surface area contributed by atoms with E-state index in [1.807, 2.05) is 48.5 Å². The highest BCUT2D eigenvalue weighted by atomic mass is 16.5. The largest absolute Gasteiger partial charge is 0.380 e. The van der Waals surface area contributed by atoms with E-state index in [1.165, 1.54) is 11.1 Å². The van der Waals surface area contributed by atoms with Gasteiger partial charge in [0.2, 0.25) is 0 Å². The standard InChI is InChI=1S/C14H12O2.C14H14O/c15-13(11-7-3-1-4-8-11)14(16)12-9-5-2-6-10-12;1-3-7-13(8-4-1)11-15-12-14-9-5-2-6-10-14/h1-10,13,15H;1-10H,11-12H2. The van der Waals surface area contributed by atoms with Gasteiger partial charge in [-0.05, 0) is 16.7 Å². The molecule has 1 N–H and O–H groups in total. The van der Waals surface area contributed by atoms with Gasteiger partial charge in [-0.25, -0.2) is 0 Å². The van der Waals surface area contributed by atoms with E-state index in [9.17, 15) is 9.90 Å². The summed E-state index contributed by atoms with van der Waals surface area (Å²) in [7, 11) is 0. The molecule has 4 rings (SSSR count). The number of hydrogen-bond donors (Lipinski definition) is 1. The van der Waals surface area contributed by atoms with Crippen LogP contribution in [0.1, 0.15) is 33.2 Å². The molecule has 1 atom stereocenters. The summed E-state index contributed by atoms with van der Waals surface area (Å²) in [6.07, 6.45) is -1.08. The van der Waals surface area contributed by atoms with E-state index in [1.54, 1.807) is 48.5 Å². The van der Waals surface area contributed by atoms with Gasteiger partial charge in [-0.1, -0.05) is 121 Å². The number of benzene rings is 4. The van der Waals surface area contributed by atoms with Crippen LogP contribution in [-0.2, 0) is 18.0 Å². The van der Waals surface area contributed by atoms with Crippen molar-refractivity contribution in [3.8, 4) is 0 Å². The Kier molecular flexibility index (Phi) is 8.74. The van der Waals surface area contributed by atoms with Gasteiger partial charge in [0.1, 0.15) is 6.10 Å². The van der Waals surface area contributed by atoms with Gasteiger partial charge >= 0.3 is 0 Å². The molecule has 156 valence electrons. The van der Waals surface area contributed by atoms with E-state index in [0.717, 1.165) is 0 Å². The Morgan fingerprint density at radius 2 is 1.00 bits per heavy atom. The lowest BCUT2D eigenvalue weighted by Crippen LogP contribution is -2.11. The van der Waals surface area contributed by atoms with Crippen LogP contribution < -0.4 is 0 Å². The zero-order valence-corrected chi connectivity index (χ0v) is 17.3. The van der Waals surface area contributed by atoms with Crippen molar-refractivity contribution in [2.75, 3.05) is 0 Å². The van der Waals surface area contributed by atoms with Crippen LogP contribution in [0.25, 0.3) is 0 Å². The Bertz CT molecular complexity index is 977. The topological polar surface area (TPSA) is 46.5 Å². The zero-order chi connectivity index (χ0) is 21.7. The molecule has 0 amide bonds. The second-order valence-electron chi connectivity index (χ2n) is 7.01. The predicted octanol–water partition coefficient (Wildman–Crippen LogP) is 6.01. The first-order chi connectivity index (χ1) is 15.2. The van der Waals surface area contributed by atoms with Gasteiger partial charge in [0, 0.05) is 5.56 Å². The lowest BCUT2D eigenvalue weighted by Gasteiger charge is -2.09. The lowest BCUT2D eigenvalue weighted by atomic mass is 10.0. The maximum Gasteiger partial charge on any atom is 0.195 e. The molecule has 0 aromatic heterocycles. The first kappa shape index (κ1) is 22.2. The summed E-state index contributed by atoms with van der Waals surface area (Å²) in [6.45, 7) is 1.35. The fraction of sp³-hybridized carbons (Fsp3) is 0.107. The van der Waals surface area contributed by atoms with Gasteiger partial charge in [-0.3, -0.25) is 4.79 Å². The van der Waals surface area contributed by atoms with Gasteiger partial charge in [0.15, 0.2) is 5.78 Å². The van der Waals surface area contributed by atoms with E-state index in [2.05, 4.69) is 24.3 Å². The zero-order valence-electron chi connectivity index (χ0n) is 17.3. The molecular formula is C28H26O3. The second kappa shape index (κ2) is 12.2. The molecule has 0 spiro atoms. The van der Waals surface area contributed by atoms with E-state index in [-0.39, 0.29) is 5.78 Å². The van der Waals surface area contributed by atoms with Gasteiger partial charge in [0.05, 0.1) is 13.2 Å². The second-order valence-corrected chi connectivity index (χ2v) is 7.01. The predicted molar refractivity (Wildman–Crippen MR) is 124 cm³/mol. The number of carbonyl (C=O) groups is 1. The van der Waals surface area contributed by atoms with Crippen molar-refractivity contribution in [1.29, 1.82) is 0 Å². The molecule has 31 heavy (non-hydrogen) atoms. The van der Waals surface area contributed by atoms with Crippen molar-refractivity contribution in [2.24, 2.45) is 0 Å². The molecule has 3 nitrogen and oxygen atoms in total. The molecule has 1 unspecified atom stereocenters. The Hall–Kier alpha value is -3.53. The third kappa shape index (κ3) is 7.34. The minimum Gasteiger partial charge on any atom is -0.380 e. The van der Waals surface area contributed by atoms with Crippen LogP contribution in [0.4, 0.5) is 0 Å². The molecule has 0 aliphatic heterocycles. The number of carbonyl (C=O) groups excluding carboxylic acids is 1. The lowest BCUT2D eigenvalue weighted by molar-refractivity contribution is 0.0747. The summed E-state index contributed by atoms with van der Waals surface area (Å²) >= 11 is 0. The molecule has 0 fully saturated rings. The molecule has 0 heterocycles. The van der Waals surface area contributed by atoms with Crippen molar-refractivity contribution in [1.82, 2.24) is 0 Å². The van der Waals surface area contributed by atoms with E-state index in [0.29, 0.717) is 24.3 Å². The molecule has 0 bridgehead atoms. The number of Topliss-reactive ketones (excluding diaryl/α,β-unsaturated/α-hetero) is 1. The first-order valence-electron chi connectivity index (χ1n) is 10.2. The monoisotopic (exact) mass is 410 g/mol. The van der Waals surface area contributed by atoms with Gasteiger partial charge in [0.25, 0.3) is 0 Å². The number of aliphatic hydroxyl groups excluding tert-OH is 1. The summed E-state index contributed by atoms with van der Waals surface area (Å²) in [6, 6.07) is 38.2. The van der Waals surface area contributed by atoms with Crippen LogP contribution in [0.5, 0.6) is 0 Å².